The van der Waals surface area contributed by atoms with Crippen LogP contribution in [0.4, 0.5) is 4.39 Å². The number of amides is 1. The van der Waals surface area contributed by atoms with E-state index in [4.69, 9.17) is 4.42 Å². The molecule has 1 heterocycles. The zero-order valence-electron chi connectivity index (χ0n) is 14.2. The normalized spacial score (nSPS) is 11.9. The molecule has 134 valence electrons. The summed E-state index contributed by atoms with van der Waals surface area (Å²) in [5.41, 5.74) is 1.81. The van der Waals surface area contributed by atoms with Crippen LogP contribution >= 0.6 is 11.8 Å². The molecule has 7 heteroatoms. The van der Waals surface area contributed by atoms with Crippen molar-refractivity contribution < 1.29 is 13.6 Å². The minimum absolute atomic E-state index is 0.0979. The zero-order valence-corrected chi connectivity index (χ0v) is 15.0. The van der Waals surface area contributed by atoms with Crippen LogP contribution in [0.3, 0.4) is 0 Å². The Bertz CT molecular complexity index is 853. The maximum Gasteiger partial charge on any atom is 0.277 e. The molecule has 0 unspecified atom stereocenters. The lowest BCUT2D eigenvalue weighted by atomic mass is 10.0. The average molecular weight is 371 g/mol. The van der Waals surface area contributed by atoms with Crippen LogP contribution in [-0.2, 0) is 4.79 Å². The number of carbonyl (C=O) groups excluding carboxylic acids is 1. The summed E-state index contributed by atoms with van der Waals surface area (Å²) in [5.74, 6) is 0.292. The number of hydrogen-bond donors (Lipinski definition) is 1. The predicted molar refractivity (Wildman–Crippen MR) is 98.3 cm³/mol. The minimum atomic E-state index is -0.329. The Morgan fingerprint density at radius 2 is 1.88 bits per heavy atom. The fraction of sp³-hybridized carbons (Fsp3) is 0.211. The van der Waals surface area contributed by atoms with E-state index in [9.17, 15) is 9.18 Å². The summed E-state index contributed by atoms with van der Waals surface area (Å²) >= 11 is 1.17. The van der Waals surface area contributed by atoms with Crippen LogP contribution in [0.1, 0.15) is 18.4 Å². The van der Waals surface area contributed by atoms with Crippen LogP contribution < -0.4 is 5.32 Å². The summed E-state index contributed by atoms with van der Waals surface area (Å²) in [7, 11) is 0. The van der Waals surface area contributed by atoms with Crippen molar-refractivity contribution in [3.63, 3.8) is 0 Å². The lowest BCUT2D eigenvalue weighted by Gasteiger charge is -2.12. The van der Waals surface area contributed by atoms with Gasteiger partial charge in [-0.3, -0.25) is 4.79 Å². The molecule has 0 bridgehead atoms. The van der Waals surface area contributed by atoms with Crippen LogP contribution in [0.25, 0.3) is 11.5 Å². The molecule has 0 fully saturated rings. The Labute approximate surface area is 155 Å². The SMILES string of the molecule is C[C@@H](CNC(=O)CSc1nnc(-c2ccc(F)cc2)o1)c1ccccc1. The monoisotopic (exact) mass is 371 g/mol. The fourth-order valence-corrected chi connectivity index (χ4v) is 2.91. The first-order valence-electron chi connectivity index (χ1n) is 8.15. The number of halogens is 1. The molecule has 0 spiro atoms. The molecule has 5 nitrogen and oxygen atoms in total. The molecular formula is C19H18FN3O2S. The van der Waals surface area contributed by atoms with Crippen molar-refractivity contribution in [1.29, 1.82) is 0 Å². The van der Waals surface area contributed by atoms with E-state index in [1.807, 2.05) is 30.3 Å². The average Bonchev–Trinajstić information content (AvgIpc) is 3.14. The van der Waals surface area contributed by atoms with Crippen LogP contribution in [0.5, 0.6) is 0 Å². The molecular weight excluding hydrogens is 353 g/mol. The van der Waals surface area contributed by atoms with Crippen molar-refractivity contribution in [2.24, 2.45) is 0 Å². The van der Waals surface area contributed by atoms with Gasteiger partial charge in [0.15, 0.2) is 0 Å². The van der Waals surface area contributed by atoms with Gasteiger partial charge >= 0.3 is 0 Å². The highest BCUT2D eigenvalue weighted by Crippen LogP contribution is 2.23. The maximum absolute atomic E-state index is 12.9. The molecule has 1 amide bonds. The Kier molecular flexibility index (Phi) is 6.01. The van der Waals surface area contributed by atoms with Crippen molar-refractivity contribution >= 4 is 17.7 Å². The quantitative estimate of drug-likeness (QED) is 0.638. The molecule has 3 rings (SSSR count). The van der Waals surface area contributed by atoms with Gasteiger partial charge < -0.3 is 9.73 Å². The van der Waals surface area contributed by atoms with E-state index in [1.54, 1.807) is 12.1 Å². The van der Waals surface area contributed by atoms with E-state index in [0.717, 1.165) is 0 Å². The summed E-state index contributed by atoms with van der Waals surface area (Å²) < 4.78 is 18.4. The first-order valence-corrected chi connectivity index (χ1v) is 9.14. The summed E-state index contributed by atoms with van der Waals surface area (Å²) in [5, 5.41) is 11.0. The molecule has 1 aromatic heterocycles. The van der Waals surface area contributed by atoms with Crippen molar-refractivity contribution in [1.82, 2.24) is 15.5 Å². The summed E-state index contributed by atoms with van der Waals surface area (Å²) in [6, 6.07) is 15.8. The van der Waals surface area contributed by atoms with Crippen molar-refractivity contribution in [2.45, 2.75) is 18.1 Å². The lowest BCUT2D eigenvalue weighted by molar-refractivity contribution is -0.118. The van der Waals surface area contributed by atoms with Crippen molar-refractivity contribution in [2.75, 3.05) is 12.3 Å². The summed E-state index contributed by atoms with van der Waals surface area (Å²) in [4.78, 5) is 12.0. The Morgan fingerprint density at radius 3 is 2.62 bits per heavy atom. The molecule has 0 aliphatic carbocycles. The molecule has 1 atom stereocenters. The number of nitrogens with zero attached hydrogens (tertiary/aromatic N) is 2. The van der Waals surface area contributed by atoms with E-state index in [2.05, 4.69) is 22.4 Å². The van der Waals surface area contributed by atoms with Crippen LogP contribution in [-0.4, -0.2) is 28.4 Å². The van der Waals surface area contributed by atoms with Crippen LogP contribution in [0.2, 0.25) is 0 Å². The number of hydrogen-bond acceptors (Lipinski definition) is 5. The molecule has 2 aromatic carbocycles. The van der Waals surface area contributed by atoms with E-state index < -0.39 is 0 Å². The van der Waals surface area contributed by atoms with Crippen molar-refractivity contribution in [3.8, 4) is 11.5 Å². The van der Waals surface area contributed by atoms with Gasteiger partial charge in [0.05, 0.1) is 5.75 Å². The molecule has 0 aliphatic heterocycles. The number of nitrogens with one attached hydrogen (secondary N) is 1. The number of aromatic nitrogens is 2. The second-order valence-electron chi connectivity index (χ2n) is 5.78. The van der Waals surface area contributed by atoms with Gasteiger partial charge in [-0.1, -0.05) is 49.0 Å². The van der Waals surface area contributed by atoms with Gasteiger partial charge in [-0.2, -0.15) is 0 Å². The van der Waals surface area contributed by atoms with E-state index >= 15 is 0 Å². The van der Waals surface area contributed by atoms with E-state index in [1.165, 1.54) is 29.5 Å². The molecule has 0 saturated heterocycles. The number of benzene rings is 2. The highest BCUT2D eigenvalue weighted by atomic mass is 32.2. The highest BCUT2D eigenvalue weighted by Gasteiger charge is 2.12. The van der Waals surface area contributed by atoms with Gasteiger partial charge in [0.2, 0.25) is 11.8 Å². The Hall–Kier alpha value is -2.67. The third-order valence-electron chi connectivity index (χ3n) is 3.80. The number of rotatable bonds is 7. The van der Waals surface area contributed by atoms with Gasteiger partial charge in [0, 0.05) is 12.1 Å². The first kappa shape index (κ1) is 18.1. The Morgan fingerprint density at radius 1 is 1.15 bits per heavy atom. The predicted octanol–water partition coefficient (Wildman–Crippen LogP) is 3.89. The Balaban J connectivity index is 1.47. The molecule has 26 heavy (non-hydrogen) atoms. The number of thioether (sulfide) groups is 1. The maximum atomic E-state index is 12.9. The molecule has 3 aromatic rings. The summed E-state index contributed by atoms with van der Waals surface area (Å²) in [6.45, 7) is 2.63. The third-order valence-corrected chi connectivity index (χ3v) is 4.62. The first-order chi connectivity index (χ1) is 12.6. The molecule has 0 saturated carbocycles. The number of carbonyl (C=O) groups is 1. The van der Waals surface area contributed by atoms with Crippen LogP contribution in [0.15, 0.2) is 64.2 Å². The van der Waals surface area contributed by atoms with E-state index in [0.29, 0.717) is 23.2 Å². The van der Waals surface area contributed by atoms with Gasteiger partial charge in [-0.25, -0.2) is 4.39 Å². The van der Waals surface area contributed by atoms with E-state index in [-0.39, 0.29) is 23.4 Å². The largest absolute Gasteiger partial charge is 0.411 e. The minimum Gasteiger partial charge on any atom is -0.411 e. The molecule has 1 N–H and O–H groups in total. The second kappa shape index (κ2) is 8.62. The second-order valence-corrected chi connectivity index (χ2v) is 6.71. The van der Waals surface area contributed by atoms with Gasteiger partial charge in [0.25, 0.3) is 5.22 Å². The zero-order chi connectivity index (χ0) is 18.4. The molecule has 0 radical (unpaired) electrons. The standard InChI is InChI=1S/C19H18FN3O2S/c1-13(14-5-3-2-4-6-14)11-21-17(24)12-26-19-23-22-18(25-19)15-7-9-16(20)10-8-15/h2-10,13H,11-12H2,1H3,(H,21,24)/t13-/m0/s1. The van der Waals surface area contributed by atoms with Gasteiger partial charge in [-0.15, -0.1) is 10.2 Å². The topological polar surface area (TPSA) is 68.0 Å². The smallest absolute Gasteiger partial charge is 0.277 e. The van der Waals surface area contributed by atoms with Gasteiger partial charge in [-0.05, 0) is 35.7 Å². The van der Waals surface area contributed by atoms with Crippen molar-refractivity contribution in [3.05, 3.63) is 66.0 Å². The lowest BCUT2D eigenvalue weighted by Crippen LogP contribution is -2.28. The van der Waals surface area contributed by atoms with Gasteiger partial charge in [0.1, 0.15) is 5.82 Å². The summed E-state index contributed by atoms with van der Waals surface area (Å²) in [6.07, 6.45) is 0. The third kappa shape index (κ3) is 4.92. The van der Waals surface area contributed by atoms with Crippen LogP contribution in [0, 0.1) is 5.82 Å². The molecule has 0 aliphatic rings. The highest BCUT2D eigenvalue weighted by molar-refractivity contribution is 7.99. The fourth-order valence-electron chi connectivity index (χ4n) is 2.32.